The van der Waals surface area contributed by atoms with Crippen molar-refractivity contribution in [3.8, 4) is 0 Å². The molecule has 6 rings (SSSR count). The largest absolute Gasteiger partial charge is 0.417 e. The standard InChI is InChI=1S/C17H20N4O4/c1-8-2-13(19-18-8)20-21-14-15(22)24-17(25-16(14)23)11-4-9-3-10(6-11)7-12(17)5-9/h9-12H,2-7H2,1H3,(H,19,20). The fourth-order valence-electron chi connectivity index (χ4n) is 5.40. The Morgan fingerprint density at radius 1 is 1.00 bits per heavy atom. The summed E-state index contributed by atoms with van der Waals surface area (Å²) in [5.74, 6) is -0.356. The molecule has 1 spiro atoms. The van der Waals surface area contributed by atoms with E-state index in [1.807, 2.05) is 6.92 Å². The van der Waals surface area contributed by atoms with Crippen LogP contribution in [-0.4, -0.2) is 35.0 Å². The van der Waals surface area contributed by atoms with Crippen molar-refractivity contribution in [2.75, 3.05) is 0 Å². The van der Waals surface area contributed by atoms with Crippen LogP contribution in [0, 0.1) is 23.7 Å². The molecule has 8 heteroatoms. The predicted octanol–water partition coefficient (Wildman–Crippen LogP) is 1.36. The molecule has 2 aliphatic heterocycles. The lowest BCUT2D eigenvalue weighted by Gasteiger charge is -2.59. The molecule has 5 fully saturated rings. The molecule has 0 amide bonds. The van der Waals surface area contributed by atoms with Crippen molar-refractivity contribution in [3.05, 3.63) is 0 Å². The molecule has 0 aromatic heterocycles. The van der Waals surface area contributed by atoms with E-state index in [4.69, 9.17) is 9.47 Å². The van der Waals surface area contributed by atoms with Gasteiger partial charge in [-0.15, -0.1) is 5.10 Å². The Morgan fingerprint density at radius 2 is 1.60 bits per heavy atom. The van der Waals surface area contributed by atoms with E-state index in [2.05, 4.69) is 20.7 Å². The van der Waals surface area contributed by atoms with Gasteiger partial charge < -0.3 is 9.47 Å². The van der Waals surface area contributed by atoms with Crippen molar-refractivity contribution in [1.82, 2.24) is 5.43 Å². The number of hydrogen-bond donors (Lipinski definition) is 1. The van der Waals surface area contributed by atoms with Gasteiger partial charge in [-0.1, -0.05) is 0 Å². The van der Waals surface area contributed by atoms with E-state index in [0.29, 0.717) is 24.1 Å². The molecular formula is C17H20N4O4. The van der Waals surface area contributed by atoms with Crippen LogP contribution in [0.1, 0.15) is 45.4 Å². The predicted molar refractivity (Wildman–Crippen MR) is 87.7 cm³/mol. The summed E-state index contributed by atoms with van der Waals surface area (Å²) in [6.07, 6.45) is 5.69. The van der Waals surface area contributed by atoms with E-state index in [9.17, 15) is 9.59 Å². The van der Waals surface area contributed by atoms with Crippen LogP contribution in [0.2, 0.25) is 0 Å². The van der Waals surface area contributed by atoms with Gasteiger partial charge in [0, 0.05) is 24.0 Å². The fraction of sp³-hybridized carbons (Fsp3) is 0.706. The first-order valence-electron chi connectivity index (χ1n) is 8.94. The van der Waals surface area contributed by atoms with E-state index in [1.54, 1.807) is 0 Å². The molecule has 4 saturated carbocycles. The number of esters is 2. The molecule has 4 bridgehead atoms. The zero-order chi connectivity index (χ0) is 17.2. The van der Waals surface area contributed by atoms with Crippen LogP contribution in [0.3, 0.4) is 0 Å². The van der Waals surface area contributed by atoms with Gasteiger partial charge >= 0.3 is 11.9 Å². The van der Waals surface area contributed by atoms with Gasteiger partial charge in [0.15, 0.2) is 5.84 Å². The van der Waals surface area contributed by atoms with Crippen molar-refractivity contribution in [2.45, 2.75) is 51.2 Å². The van der Waals surface area contributed by atoms with Gasteiger partial charge in [-0.25, -0.2) is 9.59 Å². The molecule has 4 aliphatic carbocycles. The first-order valence-corrected chi connectivity index (χ1v) is 8.94. The number of ether oxygens (including phenoxy) is 2. The molecule has 0 radical (unpaired) electrons. The lowest BCUT2D eigenvalue weighted by molar-refractivity contribution is -0.308. The normalized spacial score (nSPS) is 41.4. The maximum Gasteiger partial charge on any atom is 0.369 e. The highest BCUT2D eigenvalue weighted by atomic mass is 16.7. The lowest BCUT2D eigenvalue weighted by Crippen LogP contribution is -2.65. The third-order valence-electron chi connectivity index (χ3n) is 6.23. The van der Waals surface area contributed by atoms with E-state index in [-0.39, 0.29) is 17.5 Å². The van der Waals surface area contributed by atoms with Crippen molar-refractivity contribution in [3.63, 3.8) is 0 Å². The van der Waals surface area contributed by atoms with E-state index in [1.165, 1.54) is 6.42 Å². The SMILES string of the molecule is CC1=NN=C(NN=C2C(=O)OC3(OC2=O)C2CC4CC(C2)CC3C4)C1. The summed E-state index contributed by atoms with van der Waals surface area (Å²) in [5.41, 5.74) is 3.10. The minimum atomic E-state index is -1.06. The van der Waals surface area contributed by atoms with Crippen LogP contribution in [0.5, 0.6) is 0 Å². The Labute approximate surface area is 144 Å². The molecule has 1 saturated heterocycles. The second-order valence-corrected chi connectivity index (χ2v) is 7.94. The molecule has 6 aliphatic rings. The van der Waals surface area contributed by atoms with Crippen LogP contribution >= 0.6 is 0 Å². The summed E-state index contributed by atoms with van der Waals surface area (Å²) < 4.78 is 11.5. The molecule has 1 N–H and O–H groups in total. The summed E-state index contributed by atoms with van der Waals surface area (Å²) >= 11 is 0. The van der Waals surface area contributed by atoms with Gasteiger partial charge in [0.2, 0.25) is 0 Å². The van der Waals surface area contributed by atoms with Gasteiger partial charge in [-0.05, 0) is 50.9 Å². The minimum Gasteiger partial charge on any atom is -0.417 e. The van der Waals surface area contributed by atoms with E-state index >= 15 is 0 Å². The maximum absolute atomic E-state index is 12.5. The van der Waals surface area contributed by atoms with Gasteiger partial charge in [0.1, 0.15) is 0 Å². The van der Waals surface area contributed by atoms with Crippen LogP contribution < -0.4 is 5.43 Å². The summed E-state index contributed by atoms with van der Waals surface area (Å²) in [5, 5.41) is 11.6. The zero-order valence-electron chi connectivity index (χ0n) is 14.0. The number of nitrogens with zero attached hydrogens (tertiary/aromatic N) is 3. The number of hydrazone groups is 1. The number of carbonyl (C=O) groups is 2. The molecule has 0 atom stereocenters. The molecule has 0 aromatic rings. The summed E-state index contributed by atoms with van der Waals surface area (Å²) in [7, 11) is 0. The quantitative estimate of drug-likeness (QED) is 0.572. The second kappa shape index (κ2) is 5.12. The molecule has 0 unspecified atom stereocenters. The van der Waals surface area contributed by atoms with Crippen LogP contribution in [0.4, 0.5) is 0 Å². The highest BCUT2D eigenvalue weighted by molar-refractivity contribution is 6.63. The molecular weight excluding hydrogens is 324 g/mol. The molecule has 2 heterocycles. The second-order valence-electron chi connectivity index (χ2n) is 7.94. The Bertz CT molecular complexity index is 704. The van der Waals surface area contributed by atoms with Crippen LogP contribution in [0.15, 0.2) is 15.3 Å². The van der Waals surface area contributed by atoms with Gasteiger partial charge in [-0.3, -0.25) is 5.43 Å². The highest BCUT2D eigenvalue weighted by Gasteiger charge is 2.64. The number of hydrogen-bond acceptors (Lipinski definition) is 8. The average Bonchev–Trinajstić information content (AvgIpc) is 2.97. The van der Waals surface area contributed by atoms with Crippen LogP contribution in [-0.2, 0) is 19.1 Å². The lowest BCUT2D eigenvalue weighted by atomic mass is 9.53. The number of carbonyl (C=O) groups excluding carboxylic acids is 2. The molecule has 132 valence electrons. The first-order chi connectivity index (χ1) is 12.0. The smallest absolute Gasteiger partial charge is 0.369 e. The monoisotopic (exact) mass is 344 g/mol. The maximum atomic E-state index is 12.5. The van der Waals surface area contributed by atoms with Crippen LogP contribution in [0.25, 0.3) is 0 Å². The van der Waals surface area contributed by atoms with Crippen molar-refractivity contribution in [1.29, 1.82) is 0 Å². The molecule has 8 nitrogen and oxygen atoms in total. The third kappa shape index (κ3) is 2.22. The number of amidine groups is 1. The Hall–Kier alpha value is -2.25. The Kier molecular flexibility index (Phi) is 3.08. The highest BCUT2D eigenvalue weighted by Crippen LogP contribution is 2.60. The summed E-state index contributed by atoms with van der Waals surface area (Å²) in [4.78, 5) is 25.0. The molecule has 25 heavy (non-hydrogen) atoms. The Morgan fingerprint density at radius 3 is 2.12 bits per heavy atom. The number of nitrogens with one attached hydrogen (secondary N) is 1. The summed E-state index contributed by atoms with van der Waals surface area (Å²) in [6.45, 7) is 1.84. The van der Waals surface area contributed by atoms with Crippen molar-refractivity contribution >= 4 is 29.2 Å². The summed E-state index contributed by atoms with van der Waals surface area (Å²) in [6, 6.07) is 0. The van der Waals surface area contributed by atoms with E-state index in [0.717, 1.165) is 31.4 Å². The van der Waals surface area contributed by atoms with Crippen molar-refractivity contribution < 1.29 is 19.1 Å². The minimum absolute atomic E-state index is 0.126. The van der Waals surface area contributed by atoms with Gasteiger partial charge in [0.25, 0.3) is 11.5 Å². The zero-order valence-corrected chi connectivity index (χ0v) is 14.0. The average molecular weight is 344 g/mol. The topological polar surface area (TPSA) is 102 Å². The first kappa shape index (κ1) is 15.0. The van der Waals surface area contributed by atoms with Gasteiger partial charge in [-0.2, -0.15) is 10.2 Å². The molecule has 0 aromatic carbocycles. The fourth-order valence-corrected chi connectivity index (χ4v) is 5.40. The van der Waals surface area contributed by atoms with E-state index < -0.39 is 17.7 Å². The number of rotatable bonds is 1. The van der Waals surface area contributed by atoms with Crippen molar-refractivity contribution in [2.24, 2.45) is 39.0 Å². The van der Waals surface area contributed by atoms with Gasteiger partial charge in [0.05, 0.1) is 0 Å². The third-order valence-corrected chi connectivity index (χ3v) is 6.23. The Balaban J connectivity index is 1.35.